The molecule has 0 spiro atoms. The van der Waals surface area contributed by atoms with Gasteiger partial charge in [-0.2, -0.15) is 0 Å². The summed E-state index contributed by atoms with van der Waals surface area (Å²) in [5.74, 6) is -1.44. The fourth-order valence-corrected chi connectivity index (χ4v) is 2.49. The second-order valence-corrected chi connectivity index (χ2v) is 4.68. The van der Waals surface area contributed by atoms with Crippen molar-refractivity contribution in [2.45, 2.75) is 16.8 Å². The van der Waals surface area contributed by atoms with E-state index in [1.165, 1.54) is 12.3 Å². The smallest absolute Gasteiger partial charge is 0.338 e. The topological polar surface area (TPSA) is 50.2 Å². The minimum Gasteiger partial charge on any atom is -0.478 e. The van der Waals surface area contributed by atoms with E-state index >= 15 is 0 Å². The molecule has 92 valence electrons. The number of nitrogens with zero attached hydrogens (tertiary/aromatic N) is 1. The quantitative estimate of drug-likeness (QED) is 0.922. The molecular formula is C13H10FNO2S. The Morgan fingerprint density at radius 1 is 1.33 bits per heavy atom. The van der Waals surface area contributed by atoms with E-state index in [9.17, 15) is 9.18 Å². The van der Waals surface area contributed by atoms with Gasteiger partial charge in [-0.25, -0.2) is 14.2 Å². The molecule has 0 amide bonds. The van der Waals surface area contributed by atoms with Crippen LogP contribution in [0.25, 0.3) is 0 Å². The molecule has 0 unspecified atom stereocenters. The zero-order chi connectivity index (χ0) is 13.1. The van der Waals surface area contributed by atoms with Crippen LogP contribution in [0, 0.1) is 12.7 Å². The van der Waals surface area contributed by atoms with Gasteiger partial charge in [0.05, 0.1) is 5.56 Å². The third-order valence-corrected chi connectivity index (χ3v) is 3.44. The third-order valence-electron chi connectivity index (χ3n) is 2.38. The molecule has 0 saturated carbocycles. The van der Waals surface area contributed by atoms with Gasteiger partial charge in [-0.1, -0.05) is 23.9 Å². The molecule has 0 saturated heterocycles. The lowest BCUT2D eigenvalue weighted by atomic mass is 10.2. The van der Waals surface area contributed by atoms with Crippen molar-refractivity contribution in [3.63, 3.8) is 0 Å². The highest BCUT2D eigenvalue weighted by Gasteiger charge is 2.16. The van der Waals surface area contributed by atoms with E-state index in [1.807, 2.05) is 0 Å². The molecule has 0 radical (unpaired) electrons. The van der Waals surface area contributed by atoms with Crippen LogP contribution in [0.4, 0.5) is 4.39 Å². The number of aromatic carboxylic acids is 1. The monoisotopic (exact) mass is 263 g/mol. The highest BCUT2D eigenvalue weighted by atomic mass is 32.2. The second-order valence-electron chi connectivity index (χ2n) is 3.65. The minimum absolute atomic E-state index is 0.116. The normalized spacial score (nSPS) is 10.3. The number of halogens is 1. The van der Waals surface area contributed by atoms with Crippen LogP contribution < -0.4 is 0 Å². The summed E-state index contributed by atoms with van der Waals surface area (Å²) >= 11 is 1.02. The molecule has 0 atom stereocenters. The predicted molar refractivity (Wildman–Crippen MR) is 66.5 cm³/mol. The molecule has 0 aliphatic carbocycles. The molecule has 1 aromatic carbocycles. The summed E-state index contributed by atoms with van der Waals surface area (Å²) in [6.45, 7) is 1.69. The zero-order valence-corrected chi connectivity index (χ0v) is 10.4. The Labute approximate surface area is 108 Å². The van der Waals surface area contributed by atoms with E-state index in [2.05, 4.69) is 4.98 Å². The lowest BCUT2D eigenvalue weighted by Gasteiger charge is -2.07. The first-order chi connectivity index (χ1) is 8.59. The fraction of sp³-hybridized carbons (Fsp3) is 0.0769. The van der Waals surface area contributed by atoms with E-state index in [1.54, 1.807) is 31.2 Å². The van der Waals surface area contributed by atoms with Crippen LogP contribution in [0.15, 0.2) is 46.5 Å². The van der Waals surface area contributed by atoms with Crippen molar-refractivity contribution in [1.29, 1.82) is 0 Å². The third kappa shape index (κ3) is 2.51. The minimum atomic E-state index is -1.06. The fourth-order valence-electron chi connectivity index (χ4n) is 1.50. The molecule has 1 heterocycles. The first-order valence-electron chi connectivity index (χ1n) is 5.21. The van der Waals surface area contributed by atoms with Gasteiger partial charge in [-0.15, -0.1) is 0 Å². The van der Waals surface area contributed by atoms with Crippen LogP contribution >= 0.6 is 11.8 Å². The van der Waals surface area contributed by atoms with Crippen molar-refractivity contribution in [3.05, 3.63) is 53.5 Å². The average molecular weight is 263 g/mol. The van der Waals surface area contributed by atoms with Crippen LogP contribution in [-0.2, 0) is 0 Å². The first kappa shape index (κ1) is 12.6. The lowest BCUT2D eigenvalue weighted by molar-refractivity contribution is 0.0691. The maximum atomic E-state index is 13.5. The first-order valence-corrected chi connectivity index (χ1v) is 6.02. The molecule has 2 rings (SSSR count). The van der Waals surface area contributed by atoms with Gasteiger partial charge >= 0.3 is 5.97 Å². The molecule has 0 aliphatic rings. The van der Waals surface area contributed by atoms with Gasteiger partial charge < -0.3 is 5.11 Å². The Morgan fingerprint density at radius 3 is 2.72 bits per heavy atom. The van der Waals surface area contributed by atoms with Gasteiger partial charge in [0.15, 0.2) is 0 Å². The molecule has 1 N–H and O–H groups in total. The van der Waals surface area contributed by atoms with E-state index in [0.29, 0.717) is 15.5 Å². The Balaban J connectivity index is 2.44. The molecule has 0 aliphatic heterocycles. The standard InChI is InChI=1S/C13H10FNO2S/c1-8-6-7-15-12(11(8)13(16)17)18-10-5-3-2-4-9(10)14/h2-7H,1H3,(H,16,17). The maximum absolute atomic E-state index is 13.5. The molecule has 0 fully saturated rings. The molecule has 3 nitrogen and oxygen atoms in total. The second kappa shape index (κ2) is 5.18. The van der Waals surface area contributed by atoms with Crippen molar-refractivity contribution in [2.24, 2.45) is 0 Å². The van der Waals surface area contributed by atoms with Crippen molar-refractivity contribution < 1.29 is 14.3 Å². The van der Waals surface area contributed by atoms with Crippen LogP contribution in [-0.4, -0.2) is 16.1 Å². The van der Waals surface area contributed by atoms with Crippen LogP contribution in [0.2, 0.25) is 0 Å². The molecule has 0 bridgehead atoms. The number of aryl methyl sites for hydroxylation is 1. The van der Waals surface area contributed by atoms with Crippen LogP contribution in [0.1, 0.15) is 15.9 Å². The molecule has 1 aromatic heterocycles. The van der Waals surface area contributed by atoms with E-state index < -0.39 is 5.97 Å². The number of benzene rings is 1. The van der Waals surface area contributed by atoms with Gasteiger partial charge in [0, 0.05) is 11.1 Å². The Morgan fingerprint density at radius 2 is 2.06 bits per heavy atom. The number of carboxylic acid groups (broad SMARTS) is 1. The number of carbonyl (C=O) groups is 1. The van der Waals surface area contributed by atoms with E-state index in [4.69, 9.17) is 5.11 Å². The largest absolute Gasteiger partial charge is 0.478 e. The Kier molecular flexibility index (Phi) is 3.62. The number of aromatic nitrogens is 1. The van der Waals surface area contributed by atoms with Crippen LogP contribution in [0.3, 0.4) is 0 Å². The van der Waals surface area contributed by atoms with Crippen molar-refractivity contribution in [3.8, 4) is 0 Å². The lowest BCUT2D eigenvalue weighted by Crippen LogP contribution is -2.03. The van der Waals surface area contributed by atoms with Crippen LogP contribution in [0.5, 0.6) is 0 Å². The van der Waals surface area contributed by atoms with Gasteiger partial charge in [0.1, 0.15) is 10.8 Å². The van der Waals surface area contributed by atoms with Crippen molar-refractivity contribution in [2.75, 3.05) is 0 Å². The Hall–Kier alpha value is -1.88. The number of carboxylic acids is 1. The maximum Gasteiger partial charge on any atom is 0.338 e. The highest BCUT2D eigenvalue weighted by Crippen LogP contribution is 2.31. The Bertz CT molecular complexity index is 601. The van der Waals surface area contributed by atoms with Gasteiger partial charge in [0.2, 0.25) is 0 Å². The summed E-state index contributed by atoms with van der Waals surface area (Å²) in [6, 6.07) is 7.83. The zero-order valence-electron chi connectivity index (χ0n) is 9.55. The molecular weight excluding hydrogens is 253 g/mol. The summed E-state index contributed by atoms with van der Waals surface area (Å²) in [4.78, 5) is 15.5. The summed E-state index contributed by atoms with van der Waals surface area (Å²) in [7, 11) is 0. The number of hydrogen-bond acceptors (Lipinski definition) is 3. The molecule has 2 aromatic rings. The SMILES string of the molecule is Cc1ccnc(Sc2ccccc2F)c1C(=O)O. The predicted octanol–water partition coefficient (Wildman–Crippen LogP) is 3.38. The number of hydrogen-bond donors (Lipinski definition) is 1. The average Bonchev–Trinajstić information content (AvgIpc) is 2.31. The number of pyridine rings is 1. The highest BCUT2D eigenvalue weighted by molar-refractivity contribution is 7.99. The molecule has 18 heavy (non-hydrogen) atoms. The van der Waals surface area contributed by atoms with Crippen molar-refractivity contribution in [1.82, 2.24) is 4.98 Å². The van der Waals surface area contributed by atoms with Gasteiger partial charge in [-0.05, 0) is 30.7 Å². The summed E-state index contributed by atoms with van der Waals surface area (Å²) in [5.41, 5.74) is 0.724. The van der Waals surface area contributed by atoms with Gasteiger partial charge in [-0.3, -0.25) is 0 Å². The molecule has 5 heteroatoms. The summed E-state index contributed by atoms with van der Waals surface area (Å²) in [6.07, 6.45) is 1.52. The number of rotatable bonds is 3. The van der Waals surface area contributed by atoms with Crippen molar-refractivity contribution >= 4 is 17.7 Å². The summed E-state index contributed by atoms with van der Waals surface area (Å²) < 4.78 is 13.5. The van der Waals surface area contributed by atoms with E-state index in [0.717, 1.165) is 11.8 Å². The summed E-state index contributed by atoms with van der Waals surface area (Å²) in [5, 5.41) is 9.45. The van der Waals surface area contributed by atoms with Gasteiger partial charge in [0.25, 0.3) is 0 Å². The van der Waals surface area contributed by atoms with E-state index in [-0.39, 0.29) is 11.4 Å².